The molecule has 22 heavy (non-hydrogen) atoms. The Balaban J connectivity index is 2.12. The maximum Gasteiger partial charge on any atom is 0.446 e. The first-order chi connectivity index (χ1) is 10.3. The minimum absolute atomic E-state index is 0.0560. The molecule has 0 saturated carbocycles. The number of anilines is 1. The molecular formula is C14H11F3N2O2S. The van der Waals surface area contributed by atoms with Crippen LogP contribution in [0.25, 0.3) is 0 Å². The van der Waals surface area contributed by atoms with Crippen LogP contribution >= 0.6 is 11.8 Å². The first kappa shape index (κ1) is 16.2. The van der Waals surface area contributed by atoms with Gasteiger partial charge in [0.25, 0.3) is 5.69 Å². The van der Waals surface area contributed by atoms with Gasteiger partial charge in [-0.15, -0.1) is 0 Å². The van der Waals surface area contributed by atoms with Crippen LogP contribution in [0.3, 0.4) is 0 Å². The van der Waals surface area contributed by atoms with Gasteiger partial charge in [-0.3, -0.25) is 10.1 Å². The Bertz CT molecular complexity index is 677. The Morgan fingerprint density at radius 1 is 1.14 bits per heavy atom. The highest BCUT2D eigenvalue weighted by molar-refractivity contribution is 8.00. The van der Waals surface area contributed by atoms with Crippen LogP contribution in [0, 0.1) is 10.1 Å². The van der Waals surface area contributed by atoms with Gasteiger partial charge in [0.1, 0.15) is 0 Å². The number of nitrogens with one attached hydrogen (secondary N) is 1. The Morgan fingerprint density at radius 3 is 2.55 bits per heavy atom. The molecule has 0 aliphatic heterocycles. The van der Waals surface area contributed by atoms with E-state index in [2.05, 4.69) is 5.32 Å². The zero-order valence-electron chi connectivity index (χ0n) is 11.1. The van der Waals surface area contributed by atoms with E-state index >= 15 is 0 Å². The molecule has 0 fully saturated rings. The summed E-state index contributed by atoms with van der Waals surface area (Å²) in [6, 6.07) is 12.0. The van der Waals surface area contributed by atoms with Crippen LogP contribution in [0.15, 0.2) is 53.4 Å². The fourth-order valence-corrected chi connectivity index (χ4v) is 2.45. The number of rotatable bonds is 5. The molecule has 4 nitrogen and oxygen atoms in total. The molecule has 2 aromatic rings. The van der Waals surface area contributed by atoms with Crippen molar-refractivity contribution in [2.75, 3.05) is 5.32 Å². The summed E-state index contributed by atoms with van der Waals surface area (Å²) in [6.45, 7) is 0.192. The predicted octanol–water partition coefficient (Wildman–Crippen LogP) is 4.82. The SMILES string of the molecule is O=[N+]([O-])c1cccc(CNc2ccccc2SC(F)(F)F)c1. The van der Waals surface area contributed by atoms with Crippen molar-refractivity contribution in [3.05, 3.63) is 64.2 Å². The largest absolute Gasteiger partial charge is 0.446 e. The number of thioether (sulfide) groups is 1. The number of nitrogens with zero attached hydrogens (tertiary/aromatic N) is 1. The predicted molar refractivity (Wildman–Crippen MR) is 78.8 cm³/mol. The van der Waals surface area contributed by atoms with Gasteiger partial charge in [0, 0.05) is 29.3 Å². The summed E-state index contributed by atoms with van der Waals surface area (Å²) in [5.41, 5.74) is -3.49. The molecule has 2 rings (SSSR count). The molecular weight excluding hydrogens is 317 g/mol. The topological polar surface area (TPSA) is 55.2 Å². The van der Waals surface area contributed by atoms with Crippen LogP contribution in [0.2, 0.25) is 0 Å². The summed E-state index contributed by atoms with van der Waals surface area (Å²) in [5.74, 6) is 0. The average molecular weight is 328 g/mol. The maximum absolute atomic E-state index is 12.5. The zero-order valence-corrected chi connectivity index (χ0v) is 11.9. The van der Waals surface area contributed by atoms with Crippen molar-refractivity contribution in [1.82, 2.24) is 0 Å². The number of alkyl halides is 3. The van der Waals surface area contributed by atoms with Crippen molar-refractivity contribution in [2.24, 2.45) is 0 Å². The van der Waals surface area contributed by atoms with Crippen molar-refractivity contribution in [1.29, 1.82) is 0 Å². The Kier molecular flexibility index (Phi) is 4.92. The highest BCUT2D eigenvalue weighted by Crippen LogP contribution is 2.40. The van der Waals surface area contributed by atoms with E-state index in [0.717, 1.165) is 0 Å². The van der Waals surface area contributed by atoms with Crippen LogP contribution in [0.4, 0.5) is 24.5 Å². The summed E-state index contributed by atoms with van der Waals surface area (Å²) in [7, 11) is 0. The van der Waals surface area contributed by atoms with Crippen LogP contribution in [-0.2, 0) is 6.54 Å². The molecule has 0 aliphatic carbocycles. The first-order valence-electron chi connectivity index (χ1n) is 6.17. The Morgan fingerprint density at radius 2 is 1.86 bits per heavy atom. The lowest BCUT2D eigenvalue weighted by Gasteiger charge is -2.13. The highest BCUT2D eigenvalue weighted by Gasteiger charge is 2.30. The Labute approximate surface area is 128 Å². The molecule has 0 bridgehead atoms. The van der Waals surface area contributed by atoms with Crippen molar-refractivity contribution in [3.8, 4) is 0 Å². The van der Waals surface area contributed by atoms with Gasteiger partial charge in [-0.2, -0.15) is 13.2 Å². The van der Waals surface area contributed by atoms with Gasteiger partial charge in [-0.25, -0.2) is 0 Å². The first-order valence-corrected chi connectivity index (χ1v) is 6.99. The minimum atomic E-state index is -4.37. The number of non-ortho nitro benzene ring substituents is 1. The highest BCUT2D eigenvalue weighted by atomic mass is 32.2. The quantitative estimate of drug-likeness (QED) is 0.486. The van der Waals surface area contributed by atoms with E-state index in [9.17, 15) is 23.3 Å². The number of benzene rings is 2. The van der Waals surface area contributed by atoms with Crippen LogP contribution in [-0.4, -0.2) is 10.4 Å². The second-order valence-electron chi connectivity index (χ2n) is 4.32. The lowest BCUT2D eigenvalue weighted by molar-refractivity contribution is -0.384. The molecule has 8 heteroatoms. The fourth-order valence-electron chi connectivity index (χ4n) is 1.80. The van der Waals surface area contributed by atoms with E-state index in [4.69, 9.17) is 0 Å². The van der Waals surface area contributed by atoms with Crippen molar-refractivity contribution >= 4 is 23.1 Å². The molecule has 0 saturated heterocycles. The number of halogens is 3. The van der Waals surface area contributed by atoms with Crippen molar-refractivity contribution in [2.45, 2.75) is 16.9 Å². The molecule has 1 N–H and O–H groups in total. The van der Waals surface area contributed by atoms with Gasteiger partial charge < -0.3 is 5.32 Å². The monoisotopic (exact) mass is 328 g/mol. The molecule has 0 radical (unpaired) electrons. The summed E-state index contributed by atoms with van der Waals surface area (Å²) in [5, 5.41) is 13.6. The van der Waals surface area contributed by atoms with Gasteiger partial charge >= 0.3 is 5.51 Å². The Hall–Kier alpha value is -2.22. The second-order valence-corrected chi connectivity index (χ2v) is 5.43. The van der Waals surface area contributed by atoms with Gasteiger partial charge in [-0.05, 0) is 29.5 Å². The van der Waals surface area contributed by atoms with Crippen molar-refractivity contribution < 1.29 is 18.1 Å². The zero-order chi connectivity index (χ0) is 16.2. The molecule has 2 aromatic carbocycles. The third kappa shape index (κ3) is 4.66. The summed E-state index contributed by atoms with van der Waals surface area (Å²) in [6.07, 6.45) is 0. The number of hydrogen-bond donors (Lipinski definition) is 1. The lowest BCUT2D eigenvalue weighted by Crippen LogP contribution is -2.04. The summed E-state index contributed by atoms with van der Waals surface area (Å²) in [4.78, 5) is 10.2. The summed E-state index contributed by atoms with van der Waals surface area (Å²) < 4.78 is 37.5. The van der Waals surface area contributed by atoms with E-state index in [1.165, 1.54) is 36.4 Å². The van der Waals surface area contributed by atoms with Gasteiger partial charge in [0.2, 0.25) is 0 Å². The molecule has 0 atom stereocenters. The van der Waals surface area contributed by atoms with Crippen LogP contribution in [0.5, 0.6) is 0 Å². The van der Waals surface area contributed by atoms with Gasteiger partial charge in [0.05, 0.1) is 4.92 Å². The van der Waals surface area contributed by atoms with E-state index in [0.29, 0.717) is 11.3 Å². The standard InChI is InChI=1S/C14H11F3N2O2S/c15-14(16,17)22-13-7-2-1-6-12(13)18-9-10-4-3-5-11(8-10)19(20)21/h1-8,18H,9H2. The molecule has 0 heterocycles. The van der Waals surface area contributed by atoms with E-state index in [1.54, 1.807) is 12.1 Å². The lowest BCUT2D eigenvalue weighted by atomic mass is 10.2. The van der Waals surface area contributed by atoms with E-state index in [1.807, 2.05) is 0 Å². The van der Waals surface area contributed by atoms with Crippen LogP contribution in [0.1, 0.15) is 5.56 Å². The normalized spacial score (nSPS) is 11.2. The number of nitro groups is 1. The number of nitro benzene ring substituents is 1. The second kappa shape index (κ2) is 6.69. The fraction of sp³-hybridized carbons (Fsp3) is 0.143. The maximum atomic E-state index is 12.5. The van der Waals surface area contributed by atoms with Crippen molar-refractivity contribution in [3.63, 3.8) is 0 Å². The number of para-hydroxylation sites is 1. The molecule has 0 aromatic heterocycles. The smallest absolute Gasteiger partial charge is 0.380 e. The van der Waals surface area contributed by atoms with Gasteiger partial charge in [-0.1, -0.05) is 24.3 Å². The summed E-state index contributed by atoms with van der Waals surface area (Å²) >= 11 is -0.200. The molecule has 0 unspecified atom stereocenters. The van der Waals surface area contributed by atoms with Crippen LogP contribution < -0.4 is 5.32 Å². The van der Waals surface area contributed by atoms with Gasteiger partial charge in [0.15, 0.2) is 0 Å². The molecule has 0 amide bonds. The molecule has 0 aliphatic rings. The molecule has 116 valence electrons. The third-order valence-corrected chi connectivity index (χ3v) is 3.52. The van der Waals surface area contributed by atoms with E-state index in [-0.39, 0.29) is 28.9 Å². The van der Waals surface area contributed by atoms with E-state index < -0.39 is 10.4 Å². The third-order valence-electron chi connectivity index (χ3n) is 2.72. The molecule has 0 spiro atoms. The average Bonchev–Trinajstić information content (AvgIpc) is 2.45. The number of hydrogen-bond acceptors (Lipinski definition) is 4. The minimum Gasteiger partial charge on any atom is -0.380 e.